The summed E-state index contributed by atoms with van der Waals surface area (Å²) in [5, 5.41) is 11.8. The minimum Gasteiger partial charge on any atom is -0.240 e. The van der Waals surface area contributed by atoms with Crippen molar-refractivity contribution in [2.75, 3.05) is 0 Å². The van der Waals surface area contributed by atoms with Crippen LogP contribution in [0.15, 0.2) is 35.4 Å². The second kappa shape index (κ2) is 4.99. The molecule has 3 rings (SSSR count). The van der Waals surface area contributed by atoms with E-state index >= 15 is 0 Å². The molecule has 2 nitrogen and oxygen atoms in total. The standard InChI is InChI=1S/C15H14N2S/c16-10-12-9-11-5-1-4-8-14(11)17-15(12)18-13-6-2-3-7-13/h1,4-5,8-9,13H,2-3,6-7H2. The summed E-state index contributed by atoms with van der Waals surface area (Å²) in [7, 11) is 0. The summed E-state index contributed by atoms with van der Waals surface area (Å²) in [4.78, 5) is 4.65. The van der Waals surface area contributed by atoms with Crippen LogP contribution in [0.3, 0.4) is 0 Å². The molecule has 0 N–H and O–H groups in total. The van der Waals surface area contributed by atoms with Gasteiger partial charge < -0.3 is 0 Å². The molecule has 18 heavy (non-hydrogen) atoms. The van der Waals surface area contributed by atoms with Gasteiger partial charge in [0.05, 0.1) is 11.1 Å². The van der Waals surface area contributed by atoms with Crippen LogP contribution in [0.4, 0.5) is 0 Å². The number of benzene rings is 1. The molecule has 1 aliphatic rings. The van der Waals surface area contributed by atoms with E-state index in [1.165, 1.54) is 25.7 Å². The molecule has 0 saturated heterocycles. The molecule has 1 aliphatic carbocycles. The fourth-order valence-electron chi connectivity index (χ4n) is 2.43. The van der Waals surface area contributed by atoms with E-state index in [0.717, 1.165) is 15.9 Å². The summed E-state index contributed by atoms with van der Waals surface area (Å²) in [5.41, 5.74) is 1.70. The smallest absolute Gasteiger partial charge is 0.115 e. The van der Waals surface area contributed by atoms with Crippen LogP contribution in [-0.2, 0) is 0 Å². The van der Waals surface area contributed by atoms with Crippen LogP contribution >= 0.6 is 11.8 Å². The molecule has 1 aromatic heterocycles. The zero-order chi connectivity index (χ0) is 12.4. The highest BCUT2D eigenvalue weighted by atomic mass is 32.2. The number of aromatic nitrogens is 1. The molecule has 0 aliphatic heterocycles. The highest BCUT2D eigenvalue weighted by Crippen LogP contribution is 2.36. The van der Waals surface area contributed by atoms with Crippen LogP contribution in [0, 0.1) is 11.3 Å². The van der Waals surface area contributed by atoms with Crippen LogP contribution < -0.4 is 0 Å². The lowest BCUT2D eigenvalue weighted by Crippen LogP contribution is -1.97. The molecule has 0 bridgehead atoms. The minimum atomic E-state index is 0.644. The van der Waals surface area contributed by atoms with Crippen LogP contribution in [-0.4, -0.2) is 10.2 Å². The van der Waals surface area contributed by atoms with Gasteiger partial charge in [-0.15, -0.1) is 11.8 Å². The Balaban J connectivity index is 2.01. The van der Waals surface area contributed by atoms with Gasteiger partial charge in [0.15, 0.2) is 0 Å². The Bertz CT molecular complexity index is 609. The molecule has 2 aromatic rings. The minimum absolute atomic E-state index is 0.644. The van der Waals surface area contributed by atoms with Gasteiger partial charge in [0, 0.05) is 10.6 Å². The second-order valence-corrected chi connectivity index (χ2v) is 5.96. The lowest BCUT2D eigenvalue weighted by molar-refractivity contribution is 0.886. The van der Waals surface area contributed by atoms with E-state index < -0.39 is 0 Å². The topological polar surface area (TPSA) is 36.7 Å². The van der Waals surface area contributed by atoms with Crippen LogP contribution in [0.5, 0.6) is 0 Å². The highest BCUT2D eigenvalue weighted by Gasteiger charge is 2.19. The average Bonchev–Trinajstić information content (AvgIpc) is 2.91. The van der Waals surface area contributed by atoms with Gasteiger partial charge in [-0.2, -0.15) is 5.26 Å². The fourth-order valence-corrected chi connectivity index (χ4v) is 3.70. The van der Waals surface area contributed by atoms with Gasteiger partial charge in [0.1, 0.15) is 11.1 Å². The Morgan fingerprint density at radius 2 is 2.00 bits per heavy atom. The fraction of sp³-hybridized carbons (Fsp3) is 0.333. The summed E-state index contributed by atoms with van der Waals surface area (Å²) >= 11 is 1.78. The normalized spacial score (nSPS) is 15.9. The van der Waals surface area contributed by atoms with Crippen molar-refractivity contribution in [3.8, 4) is 6.07 Å². The van der Waals surface area contributed by atoms with Crippen molar-refractivity contribution in [2.24, 2.45) is 0 Å². The van der Waals surface area contributed by atoms with Gasteiger partial charge in [-0.1, -0.05) is 31.0 Å². The quantitative estimate of drug-likeness (QED) is 0.808. The summed E-state index contributed by atoms with van der Waals surface area (Å²) in [6.07, 6.45) is 5.13. The van der Waals surface area contributed by atoms with Gasteiger partial charge >= 0.3 is 0 Å². The van der Waals surface area contributed by atoms with Gasteiger partial charge in [0.25, 0.3) is 0 Å². The van der Waals surface area contributed by atoms with Gasteiger partial charge in [-0.25, -0.2) is 4.98 Å². The van der Waals surface area contributed by atoms with Gasteiger partial charge in [-0.05, 0) is 25.0 Å². The number of hydrogen-bond donors (Lipinski definition) is 0. The molecule has 0 radical (unpaired) electrons. The first-order valence-electron chi connectivity index (χ1n) is 6.33. The molecule has 1 heterocycles. The van der Waals surface area contributed by atoms with Crippen LogP contribution in [0.25, 0.3) is 10.9 Å². The van der Waals surface area contributed by atoms with E-state index in [4.69, 9.17) is 0 Å². The van der Waals surface area contributed by atoms with Crippen molar-refractivity contribution in [3.05, 3.63) is 35.9 Å². The van der Waals surface area contributed by atoms with E-state index in [9.17, 15) is 5.26 Å². The largest absolute Gasteiger partial charge is 0.240 e. The molecule has 1 aromatic carbocycles. The zero-order valence-electron chi connectivity index (χ0n) is 10.1. The molecule has 90 valence electrons. The van der Waals surface area contributed by atoms with E-state index in [-0.39, 0.29) is 0 Å². The van der Waals surface area contributed by atoms with Crippen molar-refractivity contribution in [2.45, 2.75) is 36.0 Å². The van der Waals surface area contributed by atoms with E-state index in [1.807, 2.05) is 30.3 Å². The number of pyridine rings is 1. The van der Waals surface area contributed by atoms with E-state index in [1.54, 1.807) is 11.8 Å². The summed E-state index contributed by atoms with van der Waals surface area (Å²) in [6, 6.07) is 12.2. The maximum Gasteiger partial charge on any atom is 0.115 e. The van der Waals surface area contributed by atoms with Crippen molar-refractivity contribution >= 4 is 22.7 Å². The van der Waals surface area contributed by atoms with Crippen molar-refractivity contribution in [1.29, 1.82) is 5.26 Å². The maximum absolute atomic E-state index is 9.25. The second-order valence-electron chi connectivity index (χ2n) is 4.67. The first kappa shape index (κ1) is 11.6. The predicted octanol–water partition coefficient (Wildman–Crippen LogP) is 4.14. The zero-order valence-corrected chi connectivity index (χ0v) is 10.9. The third kappa shape index (κ3) is 2.21. The Kier molecular flexibility index (Phi) is 3.21. The van der Waals surface area contributed by atoms with Crippen LogP contribution in [0.2, 0.25) is 0 Å². The lowest BCUT2D eigenvalue weighted by Gasteiger charge is -2.10. The van der Waals surface area contributed by atoms with E-state index in [2.05, 4.69) is 11.1 Å². The predicted molar refractivity (Wildman–Crippen MR) is 74.6 cm³/mol. The Morgan fingerprint density at radius 3 is 2.78 bits per heavy atom. The number of para-hydroxylation sites is 1. The van der Waals surface area contributed by atoms with Crippen molar-refractivity contribution in [3.63, 3.8) is 0 Å². The molecule has 0 unspecified atom stereocenters. The SMILES string of the molecule is N#Cc1cc2ccccc2nc1SC1CCCC1. The number of fused-ring (bicyclic) bond motifs is 1. The Morgan fingerprint density at radius 1 is 1.22 bits per heavy atom. The Labute approximate surface area is 111 Å². The first-order chi connectivity index (χ1) is 8.86. The summed E-state index contributed by atoms with van der Waals surface area (Å²) in [6.45, 7) is 0. The molecular weight excluding hydrogens is 240 g/mol. The lowest BCUT2D eigenvalue weighted by atomic mass is 10.2. The van der Waals surface area contributed by atoms with Gasteiger partial charge in [-0.3, -0.25) is 0 Å². The first-order valence-corrected chi connectivity index (χ1v) is 7.21. The third-order valence-corrected chi connectivity index (χ3v) is 4.73. The molecule has 0 amide bonds. The third-order valence-electron chi connectivity index (χ3n) is 3.39. The Hall–Kier alpha value is -1.53. The van der Waals surface area contributed by atoms with Crippen molar-refractivity contribution in [1.82, 2.24) is 4.98 Å². The maximum atomic E-state index is 9.25. The molecule has 0 atom stereocenters. The number of nitrogens with zero attached hydrogens (tertiary/aromatic N) is 2. The summed E-state index contributed by atoms with van der Waals surface area (Å²) < 4.78 is 0. The number of nitriles is 1. The van der Waals surface area contributed by atoms with E-state index in [0.29, 0.717) is 10.8 Å². The van der Waals surface area contributed by atoms with Crippen LogP contribution in [0.1, 0.15) is 31.2 Å². The van der Waals surface area contributed by atoms with Crippen molar-refractivity contribution < 1.29 is 0 Å². The number of rotatable bonds is 2. The number of thioether (sulfide) groups is 1. The molecule has 1 fully saturated rings. The monoisotopic (exact) mass is 254 g/mol. The van der Waals surface area contributed by atoms with Gasteiger partial charge in [0.2, 0.25) is 0 Å². The molecule has 1 saturated carbocycles. The molecular formula is C15H14N2S. The summed E-state index contributed by atoms with van der Waals surface area (Å²) in [5.74, 6) is 0. The highest BCUT2D eigenvalue weighted by molar-refractivity contribution is 7.99. The molecule has 0 spiro atoms. The number of hydrogen-bond acceptors (Lipinski definition) is 3. The average molecular weight is 254 g/mol. The molecule has 3 heteroatoms.